The summed E-state index contributed by atoms with van der Waals surface area (Å²) in [4.78, 5) is 10.0. The normalized spacial score (nSPS) is 11.4. The third-order valence-corrected chi connectivity index (χ3v) is 1.44. The van der Waals surface area contributed by atoms with Crippen molar-refractivity contribution >= 4 is 31.2 Å². The van der Waals surface area contributed by atoms with Gasteiger partial charge >= 0.3 is 5.97 Å². The van der Waals surface area contributed by atoms with Crippen LogP contribution in [0.15, 0.2) is 0 Å². The number of hydrogen-bond donors (Lipinski definition) is 4. The maximum Gasteiger partial charge on any atom is 0.305 e. The lowest BCUT2D eigenvalue weighted by Gasteiger charge is -2.16. The van der Waals surface area contributed by atoms with Crippen LogP contribution >= 0.6 is 25.3 Å². The van der Waals surface area contributed by atoms with E-state index in [-0.39, 0.29) is 13.0 Å². The van der Waals surface area contributed by atoms with E-state index in [9.17, 15) is 4.79 Å². The first-order valence-electron chi connectivity index (χ1n) is 2.34. The Morgan fingerprint density at radius 3 is 2.22 bits per heavy atom. The van der Waals surface area contributed by atoms with Crippen LogP contribution in [0.25, 0.3) is 0 Å². The minimum atomic E-state index is -0.939. The summed E-state index contributed by atoms with van der Waals surface area (Å²) in [6.07, 6.45) is -0.129. The largest absolute Gasteiger partial charge is 0.481 e. The zero-order valence-corrected chi connectivity index (χ0v) is 6.53. The fourth-order valence-corrected chi connectivity index (χ4v) is 0.585. The van der Waals surface area contributed by atoms with Crippen molar-refractivity contribution in [2.45, 2.75) is 10.5 Å². The molecule has 0 aliphatic rings. The van der Waals surface area contributed by atoms with Crippen LogP contribution in [0, 0.1) is 0 Å². The monoisotopic (exact) mass is 167 g/mol. The van der Waals surface area contributed by atoms with Crippen LogP contribution in [-0.4, -0.2) is 21.7 Å². The molecule has 9 heavy (non-hydrogen) atoms. The van der Waals surface area contributed by atoms with Gasteiger partial charge in [-0.05, 0) is 0 Å². The summed E-state index contributed by atoms with van der Waals surface area (Å²) in [6.45, 7) is 0.144. The average Bonchev–Trinajstić information content (AvgIpc) is 1.63. The number of carbonyl (C=O) groups is 1. The second-order valence-corrected chi connectivity index (χ2v) is 3.82. The summed E-state index contributed by atoms with van der Waals surface area (Å²) in [6, 6.07) is 0. The fourth-order valence-electron chi connectivity index (χ4n) is 0.314. The zero-order valence-electron chi connectivity index (χ0n) is 4.74. The van der Waals surface area contributed by atoms with Gasteiger partial charge in [0, 0.05) is 6.54 Å². The minimum absolute atomic E-state index is 0.129. The van der Waals surface area contributed by atoms with Gasteiger partial charge in [-0.2, -0.15) is 25.3 Å². The fraction of sp³-hybridized carbons (Fsp3) is 0.750. The van der Waals surface area contributed by atoms with Gasteiger partial charge in [0.2, 0.25) is 0 Å². The number of carboxylic acid groups (broad SMARTS) is 1. The van der Waals surface area contributed by atoms with Gasteiger partial charge in [0.25, 0.3) is 0 Å². The van der Waals surface area contributed by atoms with Crippen molar-refractivity contribution in [2.24, 2.45) is 5.73 Å². The van der Waals surface area contributed by atoms with Gasteiger partial charge in [-0.3, -0.25) is 4.79 Å². The molecule has 54 valence electrons. The quantitative estimate of drug-likeness (QED) is 0.353. The van der Waals surface area contributed by atoms with Crippen LogP contribution in [0.3, 0.4) is 0 Å². The molecule has 3 nitrogen and oxygen atoms in total. The average molecular weight is 167 g/mol. The Kier molecular flexibility index (Phi) is 3.38. The van der Waals surface area contributed by atoms with Crippen molar-refractivity contribution in [3.8, 4) is 0 Å². The number of hydrogen-bond acceptors (Lipinski definition) is 4. The van der Waals surface area contributed by atoms with Crippen molar-refractivity contribution < 1.29 is 9.90 Å². The number of carboxylic acids is 1. The van der Waals surface area contributed by atoms with Crippen molar-refractivity contribution in [3.05, 3.63) is 0 Å². The Morgan fingerprint density at radius 2 is 2.11 bits per heavy atom. The van der Waals surface area contributed by atoms with Gasteiger partial charge in [-0.25, -0.2) is 0 Å². The first kappa shape index (κ1) is 9.13. The third-order valence-electron chi connectivity index (χ3n) is 0.761. The summed E-state index contributed by atoms with van der Waals surface area (Å²) in [5.41, 5.74) is 5.14. The Bertz CT molecular complexity index is 115. The summed E-state index contributed by atoms with van der Waals surface area (Å²) in [5.74, 6) is -0.939. The highest BCUT2D eigenvalue weighted by atomic mass is 32.2. The van der Waals surface area contributed by atoms with Crippen molar-refractivity contribution in [1.82, 2.24) is 0 Å². The standard InChI is InChI=1S/C4H9NO2S2/c5-2-4(8,9)1-3(6)7/h8-9H,1-2,5H2,(H,6,7). The maximum absolute atomic E-state index is 10.0. The second-order valence-electron chi connectivity index (χ2n) is 1.76. The SMILES string of the molecule is NCC(S)(S)CC(=O)O. The highest BCUT2D eigenvalue weighted by Gasteiger charge is 2.21. The smallest absolute Gasteiger partial charge is 0.305 e. The van der Waals surface area contributed by atoms with E-state index in [1.807, 2.05) is 0 Å². The molecule has 0 amide bonds. The van der Waals surface area contributed by atoms with E-state index < -0.39 is 10.0 Å². The van der Waals surface area contributed by atoms with Crippen molar-refractivity contribution in [3.63, 3.8) is 0 Å². The molecule has 0 aromatic heterocycles. The Morgan fingerprint density at radius 1 is 1.67 bits per heavy atom. The maximum atomic E-state index is 10.0. The van der Waals surface area contributed by atoms with E-state index in [0.29, 0.717) is 0 Å². The van der Waals surface area contributed by atoms with Crippen LogP contribution in [0.2, 0.25) is 0 Å². The summed E-state index contributed by atoms with van der Waals surface area (Å²) in [5, 5.41) is 8.23. The van der Waals surface area contributed by atoms with Crippen LogP contribution in [0.4, 0.5) is 0 Å². The summed E-state index contributed by atoms with van der Waals surface area (Å²) >= 11 is 7.77. The number of rotatable bonds is 3. The van der Waals surface area contributed by atoms with E-state index in [4.69, 9.17) is 10.8 Å². The lowest BCUT2D eigenvalue weighted by Crippen LogP contribution is -2.28. The molecule has 0 saturated carbocycles. The highest BCUT2D eigenvalue weighted by molar-refractivity contribution is 8.00. The molecule has 0 radical (unpaired) electrons. The molecular weight excluding hydrogens is 158 g/mol. The Labute approximate surface area is 64.4 Å². The molecule has 0 fully saturated rings. The van der Waals surface area contributed by atoms with E-state index in [2.05, 4.69) is 25.3 Å². The van der Waals surface area contributed by atoms with E-state index >= 15 is 0 Å². The molecule has 0 aromatic carbocycles. The Balaban J connectivity index is 3.71. The number of nitrogens with two attached hydrogens (primary N) is 1. The molecule has 0 unspecified atom stereocenters. The molecule has 0 aliphatic carbocycles. The predicted molar refractivity (Wildman–Crippen MR) is 42.0 cm³/mol. The topological polar surface area (TPSA) is 63.3 Å². The third kappa shape index (κ3) is 4.62. The predicted octanol–water partition coefficient (Wildman–Crippen LogP) is -0.0243. The van der Waals surface area contributed by atoms with Crippen LogP contribution in [-0.2, 0) is 4.79 Å². The molecule has 0 heterocycles. The molecule has 0 rings (SSSR count). The number of thiol groups is 2. The molecule has 0 spiro atoms. The van der Waals surface area contributed by atoms with Crippen LogP contribution < -0.4 is 5.73 Å². The van der Waals surface area contributed by atoms with Gasteiger partial charge in [-0.15, -0.1) is 0 Å². The van der Waals surface area contributed by atoms with Gasteiger partial charge in [0.15, 0.2) is 0 Å². The minimum Gasteiger partial charge on any atom is -0.481 e. The molecular formula is C4H9NO2S2. The van der Waals surface area contributed by atoms with Gasteiger partial charge < -0.3 is 10.8 Å². The molecule has 0 aliphatic heterocycles. The molecule has 0 bridgehead atoms. The first-order chi connectivity index (χ1) is 3.98. The zero-order chi connectivity index (χ0) is 7.49. The van der Waals surface area contributed by atoms with Crippen LogP contribution in [0.1, 0.15) is 6.42 Å². The molecule has 5 heteroatoms. The lowest BCUT2D eigenvalue weighted by molar-refractivity contribution is -0.137. The van der Waals surface area contributed by atoms with E-state index in [1.54, 1.807) is 0 Å². The van der Waals surface area contributed by atoms with Gasteiger partial charge in [0.1, 0.15) is 0 Å². The van der Waals surface area contributed by atoms with E-state index in [0.717, 1.165) is 0 Å². The van der Waals surface area contributed by atoms with Gasteiger partial charge in [-0.1, -0.05) is 0 Å². The molecule has 0 atom stereocenters. The molecule has 0 aromatic rings. The molecule has 3 N–H and O–H groups in total. The summed E-state index contributed by atoms with van der Waals surface area (Å²) < 4.78 is -0.869. The van der Waals surface area contributed by atoms with Crippen LogP contribution in [0.5, 0.6) is 0 Å². The summed E-state index contributed by atoms with van der Waals surface area (Å²) in [7, 11) is 0. The Hall–Kier alpha value is 0.130. The van der Waals surface area contributed by atoms with Crippen molar-refractivity contribution in [2.75, 3.05) is 6.54 Å². The lowest BCUT2D eigenvalue weighted by atomic mass is 10.3. The number of aliphatic carboxylic acids is 1. The first-order valence-corrected chi connectivity index (χ1v) is 3.24. The second kappa shape index (κ2) is 3.34. The highest BCUT2D eigenvalue weighted by Crippen LogP contribution is 2.21. The van der Waals surface area contributed by atoms with E-state index in [1.165, 1.54) is 0 Å². The molecule has 0 saturated heterocycles. The van der Waals surface area contributed by atoms with Crippen molar-refractivity contribution in [1.29, 1.82) is 0 Å². The van der Waals surface area contributed by atoms with Gasteiger partial charge in [0.05, 0.1) is 10.5 Å².